The van der Waals surface area contributed by atoms with Crippen molar-refractivity contribution >= 4 is 11.7 Å². The molecule has 0 aliphatic heterocycles. The number of nitrogens with zero attached hydrogens (tertiary/aromatic N) is 2. The highest BCUT2D eigenvalue weighted by molar-refractivity contribution is 5.94. The summed E-state index contributed by atoms with van der Waals surface area (Å²) in [5.74, 6) is -0.353. The summed E-state index contributed by atoms with van der Waals surface area (Å²) >= 11 is 0. The van der Waals surface area contributed by atoms with Gasteiger partial charge in [-0.3, -0.25) is 4.68 Å². The zero-order chi connectivity index (χ0) is 18.6. The first-order valence-electron chi connectivity index (χ1n) is 8.28. The Hall–Kier alpha value is -2.41. The molecular weight excluding hydrogens is 323 g/mol. The van der Waals surface area contributed by atoms with Crippen LogP contribution in [0.25, 0.3) is 11.1 Å². The van der Waals surface area contributed by atoms with E-state index in [1.807, 2.05) is 13.8 Å². The third kappa shape index (κ3) is 4.79. The molecule has 6 nitrogen and oxygen atoms in total. The molecular formula is C18H25FN4O2. The Bertz CT molecular complexity index is 742. The number of rotatable bonds is 6. The smallest absolute Gasteiger partial charge is 0.319 e. The molecule has 2 unspecified atom stereocenters. The van der Waals surface area contributed by atoms with Gasteiger partial charge in [-0.05, 0) is 31.0 Å². The number of urea groups is 1. The summed E-state index contributed by atoms with van der Waals surface area (Å²) < 4.78 is 15.2. The van der Waals surface area contributed by atoms with E-state index in [1.165, 1.54) is 18.2 Å². The van der Waals surface area contributed by atoms with Crippen molar-refractivity contribution in [1.29, 1.82) is 0 Å². The molecule has 0 saturated carbocycles. The minimum absolute atomic E-state index is 0.0459. The zero-order valence-corrected chi connectivity index (χ0v) is 15.0. The van der Waals surface area contributed by atoms with Crippen LogP contribution in [0.1, 0.15) is 27.2 Å². The Kier molecular flexibility index (Phi) is 5.79. The van der Waals surface area contributed by atoms with Gasteiger partial charge >= 0.3 is 6.03 Å². The minimum Gasteiger partial charge on any atom is -0.388 e. The Balaban J connectivity index is 2.11. The third-order valence-electron chi connectivity index (χ3n) is 4.53. The average Bonchev–Trinajstić information content (AvgIpc) is 3.00. The number of hydrogen-bond acceptors (Lipinski definition) is 3. The van der Waals surface area contributed by atoms with Gasteiger partial charge in [0.25, 0.3) is 0 Å². The molecule has 2 amide bonds. The maximum Gasteiger partial charge on any atom is 0.319 e. The van der Waals surface area contributed by atoms with E-state index in [4.69, 9.17) is 0 Å². The van der Waals surface area contributed by atoms with Gasteiger partial charge in [-0.15, -0.1) is 0 Å². The number of halogens is 1. The molecule has 0 saturated heterocycles. The molecule has 1 aromatic carbocycles. The van der Waals surface area contributed by atoms with Crippen molar-refractivity contribution < 1.29 is 14.3 Å². The van der Waals surface area contributed by atoms with Gasteiger partial charge in [0.15, 0.2) is 0 Å². The first-order valence-corrected chi connectivity index (χ1v) is 8.28. The molecule has 25 heavy (non-hydrogen) atoms. The van der Waals surface area contributed by atoms with Gasteiger partial charge in [0.2, 0.25) is 0 Å². The van der Waals surface area contributed by atoms with Crippen LogP contribution in [0, 0.1) is 11.7 Å². The Morgan fingerprint density at radius 1 is 1.48 bits per heavy atom. The van der Waals surface area contributed by atoms with Crippen LogP contribution in [0.3, 0.4) is 0 Å². The van der Waals surface area contributed by atoms with Crippen molar-refractivity contribution in [2.75, 3.05) is 11.9 Å². The van der Waals surface area contributed by atoms with Crippen LogP contribution in [-0.2, 0) is 7.05 Å². The first kappa shape index (κ1) is 18.9. The molecule has 2 atom stereocenters. The van der Waals surface area contributed by atoms with Crippen molar-refractivity contribution in [3.8, 4) is 11.1 Å². The fourth-order valence-corrected chi connectivity index (χ4v) is 2.46. The highest BCUT2D eigenvalue weighted by Crippen LogP contribution is 2.28. The van der Waals surface area contributed by atoms with Crippen molar-refractivity contribution in [3.05, 3.63) is 36.4 Å². The van der Waals surface area contributed by atoms with Crippen LogP contribution < -0.4 is 10.6 Å². The van der Waals surface area contributed by atoms with Gasteiger partial charge < -0.3 is 15.7 Å². The molecule has 7 heteroatoms. The second kappa shape index (κ2) is 7.65. The third-order valence-corrected chi connectivity index (χ3v) is 4.53. The largest absolute Gasteiger partial charge is 0.388 e. The number of hydrogen-bond donors (Lipinski definition) is 3. The van der Waals surface area contributed by atoms with Crippen LogP contribution in [0.5, 0.6) is 0 Å². The Morgan fingerprint density at radius 3 is 2.80 bits per heavy atom. The standard InChI is InChI=1S/C18H25FN4O2/c1-5-12(2)18(3,25)11-20-17(24)22-16-7-6-14(19)8-15(16)13-9-21-23(4)10-13/h6-10,12,25H,5,11H2,1-4H3,(H2,20,22,24). The van der Waals surface area contributed by atoms with Gasteiger partial charge in [-0.25, -0.2) is 9.18 Å². The van der Waals surface area contributed by atoms with Crippen LogP contribution in [0.15, 0.2) is 30.6 Å². The predicted molar refractivity (Wildman–Crippen MR) is 95.7 cm³/mol. The topological polar surface area (TPSA) is 79.2 Å². The fourth-order valence-electron chi connectivity index (χ4n) is 2.46. The number of aliphatic hydroxyl groups is 1. The maximum atomic E-state index is 13.6. The Labute approximate surface area is 147 Å². The summed E-state index contributed by atoms with van der Waals surface area (Å²) in [6.07, 6.45) is 4.15. The van der Waals surface area contributed by atoms with Crippen LogP contribution in [0.4, 0.5) is 14.9 Å². The molecule has 2 aromatic rings. The number of aromatic nitrogens is 2. The molecule has 1 aromatic heterocycles. The summed E-state index contributed by atoms with van der Waals surface area (Å²) in [7, 11) is 1.76. The molecule has 0 aliphatic rings. The normalized spacial score (nSPS) is 14.6. The molecule has 0 fully saturated rings. The van der Waals surface area contributed by atoms with Crippen molar-refractivity contribution in [2.45, 2.75) is 32.8 Å². The number of carbonyl (C=O) groups excluding carboxylic acids is 1. The summed E-state index contributed by atoms with van der Waals surface area (Å²) in [4.78, 5) is 12.2. The summed E-state index contributed by atoms with van der Waals surface area (Å²) in [6.45, 7) is 5.73. The first-order chi connectivity index (χ1) is 11.7. The quantitative estimate of drug-likeness (QED) is 0.750. The van der Waals surface area contributed by atoms with Gasteiger partial charge in [-0.2, -0.15) is 5.10 Å². The van der Waals surface area contributed by atoms with E-state index in [-0.39, 0.29) is 12.5 Å². The van der Waals surface area contributed by atoms with E-state index < -0.39 is 17.4 Å². The van der Waals surface area contributed by atoms with E-state index in [2.05, 4.69) is 15.7 Å². The number of benzene rings is 1. The lowest BCUT2D eigenvalue weighted by Gasteiger charge is -2.29. The highest BCUT2D eigenvalue weighted by atomic mass is 19.1. The van der Waals surface area contributed by atoms with Gasteiger partial charge in [0.1, 0.15) is 5.82 Å². The van der Waals surface area contributed by atoms with Crippen LogP contribution in [-0.4, -0.2) is 33.1 Å². The number of carbonyl (C=O) groups is 1. The molecule has 1 heterocycles. The molecule has 3 N–H and O–H groups in total. The number of aryl methyl sites for hydroxylation is 1. The van der Waals surface area contributed by atoms with E-state index in [0.717, 1.165) is 6.42 Å². The lowest BCUT2D eigenvalue weighted by molar-refractivity contribution is 0.00827. The van der Waals surface area contributed by atoms with Gasteiger partial charge in [-0.1, -0.05) is 20.3 Å². The van der Waals surface area contributed by atoms with Gasteiger partial charge in [0, 0.05) is 30.9 Å². The second-order valence-corrected chi connectivity index (χ2v) is 6.57. The van der Waals surface area contributed by atoms with Crippen molar-refractivity contribution in [3.63, 3.8) is 0 Å². The van der Waals surface area contributed by atoms with Crippen molar-refractivity contribution in [1.82, 2.24) is 15.1 Å². The van der Waals surface area contributed by atoms with Crippen LogP contribution in [0.2, 0.25) is 0 Å². The lowest BCUT2D eigenvalue weighted by atomic mass is 9.89. The number of nitrogens with one attached hydrogen (secondary N) is 2. The summed E-state index contributed by atoms with van der Waals surface area (Å²) in [5.41, 5.74) is 0.706. The van der Waals surface area contributed by atoms with E-state index >= 15 is 0 Å². The van der Waals surface area contributed by atoms with Crippen LogP contribution >= 0.6 is 0 Å². The number of anilines is 1. The maximum absolute atomic E-state index is 13.6. The lowest BCUT2D eigenvalue weighted by Crippen LogP contribution is -2.46. The molecule has 0 spiro atoms. The second-order valence-electron chi connectivity index (χ2n) is 6.57. The van der Waals surface area contributed by atoms with E-state index in [1.54, 1.807) is 31.0 Å². The summed E-state index contributed by atoms with van der Waals surface area (Å²) in [6, 6.07) is 3.68. The molecule has 136 valence electrons. The predicted octanol–water partition coefficient (Wildman–Crippen LogP) is 3.14. The van der Waals surface area contributed by atoms with Gasteiger partial charge in [0.05, 0.1) is 17.5 Å². The van der Waals surface area contributed by atoms with Crippen molar-refractivity contribution in [2.24, 2.45) is 13.0 Å². The minimum atomic E-state index is -0.999. The average molecular weight is 348 g/mol. The van der Waals surface area contributed by atoms with E-state index in [0.29, 0.717) is 16.8 Å². The monoisotopic (exact) mass is 348 g/mol. The zero-order valence-electron chi connectivity index (χ0n) is 15.0. The molecule has 0 radical (unpaired) electrons. The highest BCUT2D eigenvalue weighted by Gasteiger charge is 2.27. The Morgan fingerprint density at radius 2 is 2.20 bits per heavy atom. The SMILES string of the molecule is CCC(C)C(C)(O)CNC(=O)Nc1ccc(F)cc1-c1cnn(C)c1. The molecule has 0 bridgehead atoms. The number of amides is 2. The molecule has 2 rings (SSSR count). The van der Waals surface area contributed by atoms with E-state index in [9.17, 15) is 14.3 Å². The molecule has 0 aliphatic carbocycles. The fraction of sp³-hybridized carbons (Fsp3) is 0.444. The summed E-state index contributed by atoms with van der Waals surface area (Å²) in [5, 5.41) is 19.8.